The Morgan fingerprint density at radius 3 is 2.58 bits per heavy atom. The van der Waals surface area contributed by atoms with E-state index >= 15 is 0 Å². The third-order valence-electron chi connectivity index (χ3n) is 5.60. The molecule has 142 valence electrons. The highest BCUT2D eigenvalue weighted by Crippen LogP contribution is 2.38. The molecular weight excluding hydrogens is 356 g/mol. The van der Waals surface area contributed by atoms with Crippen molar-refractivity contribution in [2.24, 2.45) is 0 Å². The molecule has 3 heterocycles. The number of nitrogens with one attached hydrogen (secondary N) is 1. The van der Waals surface area contributed by atoms with Gasteiger partial charge in [-0.25, -0.2) is 8.42 Å². The Bertz CT molecular complexity index is 775. The number of ether oxygens (including phenoxy) is 2. The molecule has 26 heavy (non-hydrogen) atoms. The summed E-state index contributed by atoms with van der Waals surface area (Å²) in [6, 6.07) is 6.26. The molecule has 1 spiro atoms. The molecule has 3 aliphatic heterocycles. The number of nitrogens with zero attached hydrogens (tertiary/aromatic N) is 1. The van der Waals surface area contributed by atoms with Crippen LogP contribution in [0.5, 0.6) is 0 Å². The standard InChI is InChI=1S/C18H24N2O5S/c21-17(19-15-4-10-24-13-15)14-2-1-3-16(12-14)26(22,23)20-8-5-18(6-9-20)7-11-25-18/h1-3,12,15H,4-11,13H2,(H,19,21). The summed E-state index contributed by atoms with van der Waals surface area (Å²) < 4.78 is 38.3. The van der Waals surface area contributed by atoms with Crippen LogP contribution in [0.2, 0.25) is 0 Å². The normalized spacial score (nSPS) is 25.8. The van der Waals surface area contributed by atoms with Gasteiger partial charge in [-0.15, -0.1) is 0 Å². The van der Waals surface area contributed by atoms with Gasteiger partial charge >= 0.3 is 0 Å². The van der Waals surface area contributed by atoms with Gasteiger partial charge in [0, 0.05) is 25.3 Å². The maximum atomic E-state index is 13.0. The third-order valence-corrected chi connectivity index (χ3v) is 7.49. The van der Waals surface area contributed by atoms with Gasteiger partial charge in [-0.05, 0) is 43.9 Å². The third kappa shape index (κ3) is 3.38. The molecule has 0 aliphatic carbocycles. The smallest absolute Gasteiger partial charge is 0.251 e. The van der Waals surface area contributed by atoms with Gasteiger partial charge in [-0.2, -0.15) is 4.31 Å². The Hall–Kier alpha value is -1.48. The molecule has 1 atom stereocenters. The molecule has 8 heteroatoms. The Balaban J connectivity index is 1.47. The minimum atomic E-state index is -3.61. The molecule has 1 aromatic rings. The zero-order chi connectivity index (χ0) is 18.2. The summed E-state index contributed by atoms with van der Waals surface area (Å²) in [6.07, 6.45) is 3.25. The maximum absolute atomic E-state index is 13.0. The molecule has 1 aromatic carbocycles. The van der Waals surface area contributed by atoms with Crippen molar-refractivity contribution in [3.05, 3.63) is 29.8 Å². The largest absolute Gasteiger partial charge is 0.379 e. The number of benzene rings is 1. The van der Waals surface area contributed by atoms with Gasteiger partial charge in [-0.3, -0.25) is 4.79 Å². The fourth-order valence-corrected chi connectivity index (χ4v) is 5.27. The van der Waals surface area contributed by atoms with E-state index in [-0.39, 0.29) is 22.4 Å². The van der Waals surface area contributed by atoms with Crippen molar-refractivity contribution in [2.45, 2.75) is 42.2 Å². The molecule has 0 bridgehead atoms. The van der Waals surface area contributed by atoms with Crippen LogP contribution in [0.15, 0.2) is 29.2 Å². The second-order valence-corrected chi connectivity index (χ2v) is 9.19. The number of rotatable bonds is 4. The topological polar surface area (TPSA) is 84.9 Å². The highest BCUT2D eigenvalue weighted by Gasteiger charge is 2.43. The van der Waals surface area contributed by atoms with E-state index in [1.807, 2.05) is 0 Å². The lowest BCUT2D eigenvalue weighted by atomic mass is 9.85. The summed E-state index contributed by atoms with van der Waals surface area (Å²) in [4.78, 5) is 12.6. The highest BCUT2D eigenvalue weighted by molar-refractivity contribution is 7.89. The van der Waals surface area contributed by atoms with Gasteiger partial charge in [0.25, 0.3) is 5.91 Å². The summed E-state index contributed by atoms with van der Waals surface area (Å²) >= 11 is 0. The molecule has 1 amide bonds. The monoisotopic (exact) mass is 380 g/mol. The zero-order valence-corrected chi connectivity index (χ0v) is 15.5. The minimum Gasteiger partial charge on any atom is -0.379 e. The molecule has 3 saturated heterocycles. The minimum absolute atomic E-state index is 0.0106. The predicted molar refractivity (Wildman–Crippen MR) is 94.4 cm³/mol. The van der Waals surface area contributed by atoms with E-state index in [1.165, 1.54) is 10.4 Å². The van der Waals surface area contributed by atoms with Crippen LogP contribution in [0.25, 0.3) is 0 Å². The average Bonchev–Trinajstić information content (AvgIpc) is 3.13. The average molecular weight is 380 g/mol. The van der Waals surface area contributed by atoms with Gasteiger partial charge in [0.1, 0.15) is 0 Å². The van der Waals surface area contributed by atoms with Crippen LogP contribution in [0, 0.1) is 0 Å². The van der Waals surface area contributed by atoms with E-state index in [0.29, 0.717) is 31.9 Å². The Morgan fingerprint density at radius 1 is 1.19 bits per heavy atom. The van der Waals surface area contributed by atoms with E-state index in [9.17, 15) is 13.2 Å². The first-order valence-electron chi connectivity index (χ1n) is 9.11. The lowest BCUT2D eigenvalue weighted by Crippen LogP contribution is -2.53. The van der Waals surface area contributed by atoms with Crippen molar-refractivity contribution >= 4 is 15.9 Å². The zero-order valence-electron chi connectivity index (χ0n) is 14.6. The van der Waals surface area contributed by atoms with Crippen LogP contribution in [-0.2, 0) is 19.5 Å². The first-order chi connectivity index (χ1) is 12.5. The molecule has 0 radical (unpaired) electrons. The number of sulfonamides is 1. The fourth-order valence-electron chi connectivity index (χ4n) is 3.78. The van der Waals surface area contributed by atoms with Gasteiger partial charge in [0.05, 0.1) is 29.8 Å². The van der Waals surface area contributed by atoms with Gasteiger partial charge in [0.15, 0.2) is 0 Å². The summed E-state index contributed by atoms with van der Waals surface area (Å²) in [5, 5.41) is 2.89. The Kier molecular flexibility index (Phi) is 4.77. The SMILES string of the molecule is O=C(NC1CCOC1)c1cccc(S(=O)(=O)N2CCC3(CCO3)CC2)c1. The van der Waals surface area contributed by atoms with Crippen molar-refractivity contribution < 1.29 is 22.7 Å². The van der Waals surface area contributed by atoms with Crippen molar-refractivity contribution in [1.29, 1.82) is 0 Å². The highest BCUT2D eigenvalue weighted by atomic mass is 32.2. The van der Waals surface area contributed by atoms with Crippen LogP contribution in [0.4, 0.5) is 0 Å². The van der Waals surface area contributed by atoms with Crippen LogP contribution in [0.1, 0.15) is 36.0 Å². The predicted octanol–water partition coefficient (Wildman–Crippen LogP) is 1.15. The number of carbonyl (C=O) groups is 1. The molecule has 4 rings (SSSR count). The van der Waals surface area contributed by atoms with Crippen molar-refractivity contribution in [1.82, 2.24) is 9.62 Å². The van der Waals surface area contributed by atoms with Crippen molar-refractivity contribution in [3.63, 3.8) is 0 Å². The first-order valence-corrected chi connectivity index (χ1v) is 10.6. The van der Waals surface area contributed by atoms with Crippen LogP contribution < -0.4 is 5.32 Å². The molecule has 0 aromatic heterocycles. The molecule has 0 saturated carbocycles. The van der Waals surface area contributed by atoms with E-state index < -0.39 is 10.0 Å². The van der Waals surface area contributed by atoms with E-state index in [2.05, 4.69) is 5.32 Å². The molecular formula is C18H24N2O5S. The summed E-state index contributed by atoms with van der Waals surface area (Å²) in [7, 11) is -3.61. The van der Waals surface area contributed by atoms with E-state index in [4.69, 9.17) is 9.47 Å². The van der Waals surface area contributed by atoms with Gasteiger partial charge in [-0.1, -0.05) is 6.07 Å². The number of amides is 1. The van der Waals surface area contributed by atoms with Gasteiger partial charge < -0.3 is 14.8 Å². The lowest BCUT2D eigenvalue weighted by molar-refractivity contribution is -0.167. The Labute approximate surface area is 153 Å². The molecule has 1 unspecified atom stereocenters. The summed E-state index contributed by atoms with van der Waals surface area (Å²) in [5.41, 5.74) is 0.255. The van der Waals surface area contributed by atoms with Crippen molar-refractivity contribution in [2.75, 3.05) is 32.9 Å². The Morgan fingerprint density at radius 2 is 1.96 bits per heavy atom. The van der Waals surface area contributed by atoms with Gasteiger partial charge in [0.2, 0.25) is 10.0 Å². The maximum Gasteiger partial charge on any atom is 0.251 e. The molecule has 7 nitrogen and oxygen atoms in total. The van der Waals surface area contributed by atoms with E-state index in [0.717, 1.165) is 32.3 Å². The fraction of sp³-hybridized carbons (Fsp3) is 0.611. The number of carbonyl (C=O) groups excluding carboxylic acids is 1. The second kappa shape index (κ2) is 6.92. The lowest BCUT2D eigenvalue weighted by Gasteiger charge is -2.47. The van der Waals surface area contributed by atoms with Crippen molar-refractivity contribution in [3.8, 4) is 0 Å². The van der Waals surface area contributed by atoms with Crippen LogP contribution >= 0.6 is 0 Å². The van der Waals surface area contributed by atoms with Crippen LogP contribution in [-0.4, -0.2) is 63.2 Å². The quantitative estimate of drug-likeness (QED) is 0.847. The number of piperidine rings is 1. The second-order valence-electron chi connectivity index (χ2n) is 7.25. The molecule has 3 fully saturated rings. The molecule has 1 N–H and O–H groups in total. The van der Waals surface area contributed by atoms with Crippen LogP contribution in [0.3, 0.4) is 0 Å². The van der Waals surface area contributed by atoms with E-state index in [1.54, 1.807) is 18.2 Å². The number of hydrogen-bond acceptors (Lipinski definition) is 5. The number of hydrogen-bond donors (Lipinski definition) is 1. The molecule has 3 aliphatic rings. The first kappa shape index (κ1) is 17.9. The summed E-state index contributed by atoms with van der Waals surface area (Å²) in [6.45, 7) is 2.83. The summed E-state index contributed by atoms with van der Waals surface area (Å²) in [5.74, 6) is -0.266.